The Morgan fingerprint density at radius 3 is 2.72 bits per heavy atom. The van der Waals surface area contributed by atoms with Gasteiger partial charge >= 0.3 is 0 Å². The van der Waals surface area contributed by atoms with E-state index in [2.05, 4.69) is 15.1 Å². The van der Waals surface area contributed by atoms with Crippen LogP contribution in [0.5, 0.6) is 11.5 Å². The lowest BCUT2D eigenvalue weighted by molar-refractivity contribution is 0.194. The van der Waals surface area contributed by atoms with Crippen molar-refractivity contribution < 1.29 is 18.6 Å². The zero-order valence-corrected chi connectivity index (χ0v) is 16.2. The van der Waals surface area contributed by atoms with Crippen LogP contribution in [0.2, 0.25) is 0 Å². The van der Waals surface area contributed by atoms with E-state index in [0.29, 0.717) is 24.4 Å². The quantitative estimate of drug-likeness (QED) is 0.666. The molecule has 2 N–H and O–H groups in total. The van der Waals surface area contributed by atoms with Crippen LogP contribution in [-0.2, 0) is 6.54 Å². The Morgan fingerprint density at radius 1 is 1.21 bits per heavy atom. The highest BCUT2D eigenvalue weighted by Gasteiger charge is 2.28. The Labute approximate surface area is 167 Å². The van der Waals surface area contributed by atoms with E-state index < -0.39 is 11.6 Å². The molecule has 0 aliphatic carbocycles. The SMILES string of the molecule is COc1cccc(O)c1CN1CCC[C@H](c2[nH]ncc2-c2c(F)cccc2F)C1. The molecule has 1 aliphatic heterocycles. The minimum Gasteiger partial charge on any atom is -0.507 e. The third kappa shape index (κ3) is 3.82. The molecule has 1 fully saturated rings. The van der Waals surface area contributed by atoms with E-state index in [-0.39, 0.29) is 17.2 Å². The Bertz CT molecular complexity index is 985. The van der Waals surface area contributed by atoms with E-state index in [1.165, 1.54) is 24.4 Å². The molecule has 152 valence electrons. The maximum absolute atomic E-state index is 14.3. The first-order chi connectivity index (χ1) is 14.1. The number of aromatic nitrogens is 2. The monoisotopic (exact) mass is 399 g/mol. The summed E-state index contributed by atoms with van der Waals surface area (Å²) in [7, 11) is 1.58. The molecular formula is C22H23F2N3O2. The molecule has 1 aliphatic rings. The number of aromatic hydroxyl groups is 1. The predicted molar refractivity (Wildman–Crippen MR) is 106 cm³/mol. The molecule has 1 aromatic heterocycles. The minimum absolute atomic E-state index is 0.0456. The van der Waals surface area contributed by atoms with E-state index in [9.17, 15) is 13.9 Å². The highest BCUT2D eigenvalue weighted by molar-refractivity contribution is 5.67. The topological polar surface area (TPSA) is 61.4 Å². The van der Waals surface area contributed by atoms with Gasteiger partial charge in [0.25, 0.3) is 0 Å². The van der Waals surface area contributed by atoms with Gasteiger partial charge in [-0.05, 0) is 43.7 Å². The van der Waals surface area contributed by atoms with E-state index in [4.69, 9.17) is 4.74 Å². The summed E-state index contributed by atoms with van der Waals surface area (Å²) in [6.45, 7) is 2.08. The Balaban J connectivity index is 1.59. The maximum Gasteiger partial charge on any atom is 0.134 e. The summed E-state index contributed by atoms with van der Waals surface area (Å²) in [6, 6.07) is 9.09. The molecule has 0 saturated carbocycles. The summed E-state index contributed by atoms with van der Waals surface area (Å²) in [4.78, 5) is 2.22. The maximum atomic E-state index is 14.3. The van der Waals surface area contributed by atoms with Crippen molar-refractivity contribution in [2.75, 3.05) is 20.2 Å². The number of phenols is 1. The second kappa shape index (κ2) is 8.21. The highest BCUT2D eigenvalue weighted by atomic mass is 19.1. The lowest BCUT2D eigenvalue weighted by Gasteiger charge is -2.33. The van der Waals surface area contributed by atoms with Crippen molar-refractivity contribution in [3.05, 3.63) is 65.5 Å². The molecule has 2 heterocycles. The molecule has 7 heteroatoms. The number of hydrogen-bond donors (Lipinski definition) is 2. The van der Waals surface area contributed by atoms with Crippen molar-refractivity contribution >= 4 is 0 Å². The molecule has 0 bridgehead atoms. The first kappa shape index (κ1) is 19.4. The van der Waals surface area contributed by atoms with Gasteiger partial charge in [-0.1, -0.05) is 12.1 Å². The van der Waals surface area contributed by atoms with Crippen LogP contribution in [0.3, 0.4) is 0 Å². The van der Waals surface area contributed by atoms with Gasteiger partial charge in [-0.25, -0.2) is 8.78 Å². The second-order valence-electron chi connectivity index (χ2n) is 7.33. The van der Waals surface area contributed by atoms with Crippen LogP contribution >= 0.6 is 0 Å². The first-order valence-corrected chi connectivity index (χ1v) is 9.63. The fourth-order valence-corrected chi connectivity index (χ4v) is 4.12. The van der Waals surface area contributed by atoms with Crippen LogP contribution in [0.1, 0.15) is 30.0 Å². The first-order valence-electron chi connectivity index (χ1n) is 9.63. The number of benzene rings is 2. The third-order valence-corrected chi connectivity index (χ3v) is 5.52. The lowest BCUT2D eigenvalue weighted by Crippen LogP contribution is -2.34. The van der Waals surface area contributed by atoms with Gasteiger partial charge in [0, 0.05) is 35.8 Å². The van der Waals surface area contributed by atoms with Crippen LogP contribution in [0.4, 0.5) is 8.78 Å². The normalized spacial score (nSPS) is 17.4. The number of piperidine rings is 1. The van der Waals surface area contributed by atoms with Crippen LogP contribution in [0.15, 0.2) is 42.6 Å². The lowest BCUT2D eigenvalue weighted by atomic mass is 9.90. The number of phenolic OH excluding ortho intramolecular Hbond substituents is 1. The number of aromatic amines is 1. The van der Waals surface area contributed by atoms with Crippen molar-refractivity contribution in [3.8, 4) is 22.6 Å². The van der Waals surface area contributed by atoms with E-state index in [1.54, 1.807) is 19.2 Å². The summed E-state index contributed by atoms with van der Waals surface area (Å²) in [6.07, 6.45) is 3.31. The Kier molecular flexibility index (Phi) is 5.49. The molecule has 1 saturated heterocycles. The van der Waals surface area contributed by atoms with Gasteiger partial charge in [0.1, 0.15) is 23.1 Å². The third-order valence-electron chi connectivity index (χ3n) is 5.52. The molecule has 3 aromatic rings. The number of nitrogens with one attached hydrogen (secondary N) is 1. The van der Waals surface area contributed by atoms with Crippen molar-refractivity contribution in [2.45, 2.75) is 25.3 Å². The zero-order chi connectivity index (χ0) is 20.4. The fraction of sp³-hybridized carbons (Fsp3) is 0.318. The summed E-state index contributed by atoms with van der Waals surface area (Å²) in [5.41, 5.74) is 1.90. The van der Waals surface area contributed by atoms with Crippen LogP contribution in [0.25, 0.3) is 11.1 Å². The number of H-pyrrole nitrogens is 1. The molecule has 0 radical (unpaired) electrons. The van der Waals surface area contributed by atoms with Crippen molar-refractivity contribution in [2.24, 2.45) is 0 Å². The number of halogens is 2. The number of ether oxygens (including phenoxy) is 1. The van der Waals surface area contributed by atoms with Gasteiger partial charge in [-0.2, -0.15) is 5.10 Å². The number of hydrogen-bond acceptors (Lipinski definition) is 4. The van der Waals surface area contributed by atoms with Crippen LogP contribution in [-0.4, -0.2) is 40.4 Å². The van der Waals surface area contributed by atoms with E-state index >= 15 is 0 Å². The van der Waals surface area contributed by atoms with Crippen LogP contribution < -0.4 is 4.74 Å². The van der Waals surface area contributed by atoms with E-state index in [0.717, 1.165) is 30.6 Å². The van der Waals surface area contributed by atoms with Crippen molar-refractivity contribution in [1.82, 2.24) is 15.1 Å². The Morgan fingerprint density at radius 2 is 1.97 bits per heavy atom. The zero-order valence-electron chi connectivity index (χ0n) is 16.2. The number of likely N-dealkylation sites (tertiary alicyclic amines) is 1. The molecule has 2 aromatic carbocycles. The van der Waals surface area contributed by atoms with Crippen LogP contribution in [0, 0.1) is 11.6 Å². The Hall–Kier alpha value is -2.93. The van der Waals surface area contributed by atoms with Gasteiger partial charge in [0.05, 0.1) is 18.9 Å². The van der Waals surface area contributed by atoms with Crippen molar-refractivity contribution in [1.29, 1.82) is 0 Å². The van der Waals surface area contributed by atoms with Gasteiger partial charge in [-0.3, -0.25) is 10.00 Å². The largest absolute Gasteiger partial charge is 0.507 e. The molecule has 0 spiro atoms. The summed E-state index contributed by atoms with van der Waals surface area (Å²) >= 11 is 0. The van der Waals surface area contributed by atoms with Gasteiger partial charge in [0.15, 0.2) is 0 Å². The number of methoxy groups -OCH3 is 1. The molecule has 5 nitrogen and oxygen atoms in total. The fourth-order valence-electron chi connectivity index (χ4n) is 4.12. The summed E-state index contributed by atoms with van der Waals surface area (Å²) in [5, 5.41) is 17.3. The molecule has 4 rings (SSSR count). The number of nitrogens with zero attached hydrogens (tertiary/aromatic N) is 2. The second-order valence-corrected chi connectivity index (χ2v) is 7.33. The molecule has 29 heavy (non-hydrogen) atoms. The standard InChI is InChI=1S/C22H23F2N3O2/c1-29-20-9-3-8-19(28)16(20)13-27-10-4-5-14(12-27)22-15(11-25-26-22)21-17(23)6-2-7-18(21)24/h2-3,6-9,11,14,28H,4-5,10,12-13H2,1H3,(H,25,26)/t14-/m0/s1. The van der Waals surface area contributed by atoms with Gasteiger partial charge < -0.3 is 9.84 Å². The van der Waals surface area contributed by atoms with Gasteiger partial charge in [0.2, 0.25) is 0 Å². The average Bonchev–Trinajstić information content (AvgIpc) is 3.19. The van der Waals surface area contributed by atoms with E-state index in [1.807, 2.05) is 6.07 Å². The van der Waals surface area contributed by atoms with Crippen molar-refractivity contribution in [3.63, 3.8) is 0 Å². The molecule has 0 unspecified atom stereocenters. The average molecular weight is 399 g/mol. The summed E-state index contributed by atoms with van der Waals surface area (Å²) < 4.78 is 34.0. The highest BCUT2D eigenvalue weighted by Crippen LogP contribution is 2.37. The number of rotatable bonds is 5. The minimum atomic E-state index is -0.598. The predicted octanol–water partition coefficient (Wildman–Crippen LogP) is 4.45. The molecule has 1 atom stereocenters. The molecular weight excluding hydrogens is 376 g/mol. The summed E-state index contributed by atoms with van der Waals surface area (Å²) in [5.74, 6) is -0.305. The molecule has 0 amide bonds. The van der Waals surface area contributed by atoms with Gasteiger partial charge in [-0.15, -0.1) is 0 Å². The smallest absolute Gasteiger partial charge is 0.134 e.